The number of fused-ring (bicyclic) bond motifs is 9. The van der Waals surface area contributed by atoms with Crippen LogP contribution in [0.15, 0.2) is 152 Å². The van der Waals surface area contributed by atoms with E-state index in [1.54, 1.807) is 11.3 Å². The molecule has 0 atom stereocenters. The van der Waals surface area contributed by atoms with E-state index in [0.717, 1.165) is 33.0 Å². The first-order valence-corrected chi connectivity index (χ1v) is 18.8. The third-order valence-corrected chi connectivity index (χ3v) is 12.8. The molecule has 3 nitrogen and oxygen atoms in total. The molecule has 0 saturated heterocycles. The van der Waals surface area contributed by atoms with Gasteiger partial charge in [0.2, 0.25) is 0 Å². The van der Waals surface area contributed by atoms with Crippen LogP contribution in [0.1, 0.15) is 0 Å². The van der Waals surface area contributed by atoms with Gasteiger partial charge in [0.05, 0.1) is 21.3 Å². The molecule has 0 N–H and O–H groups in total. The van der Waals surface area contributed by atoms with E-state index in [-0.39, 0.29) is 0 Å². The van der Waals surface area contributed by atoms with Gasteiger partial charge in [-0.05, 0) is 63.0 Å². The van der Waals surface area contributed by atoms with Crippen molar-refractivity contribution < 1.29 is 0 Å². The lowest BCUT2D eigenvalue weighted by Crippen LogP contribution is -2.01. The lowest BCUT2D eigenvalue weighted by Gasteiger charge is -2.12. The number of thiophene rings is 2. The van der Waals surface area contributed by atoms with E-state index in [4.69, 9.17) is 9.97 Å². The molecule has 0 radical (unpaired) electrons. The predicted octanol–water partition coefficient (Wildman–Crippen LogP) is 13.4. The highest BCUT2D eigenvalue weighted by Gasteiger charge is 2.25. The van der Waals surface area contributed by atoms with E-state index >= 15 is 0 Å². The van der Waals surface area contributed by atoms with Crippen LogP contribution < -0.4 is 0 Å². The highest BCUT2D eigenvalue weighted by Crippen LogP contribution is 2.48. The second-order valence-electron chi connectivity index (χ2n) is 13.3. The van der Waals surface area contributed by atoms with Crippen molar-refractivity contribution in [2.24, 2.45) is 0 Å². The lowest BCUT2D eigenvalue weighted by molar-refractivity contribution is 1.08. The molecule has 4 heterocycles. The maximum atomic E-state index is 5.57. The molecule has 0 aliphatic heterocycles. The van der Waals surface area contributed by atoms with Crippen molar-refractivity contribution >= 4 is 106 Å². The highest BCUT2D eigenvalue weighted by atomic mass is 32.1. The molecular weight excluding hydrogens is 659 g/mol. The summed E-state index contributed by atoms with van der Waals surface area (Å²) in [6.07, 6.45) is 0. The molecule has 4 aromatic heterocycles. The van der Waals surface area contributed by atoms with Crippen LogP contribution in [-0.2, 0) is 0 Å². The van der Waals surface area contributed by atoms with Gasteiger partial charge in [-0.15, -0.1) is 22.7 Å². The van der Waals surface area contributed by atoms with Gasteiger partial charge < -0.3 is 0 Å². The quantitative estimate of drug-likeness (QED) is 0.174. The van der Waals surface area contributed by atoms with Gasteiger partial charge >= 0.3 is 0 Å². The highest BCUT2D eigenvalue weighted by molar-refractivity contribution is 7.26. The summed E-state index contributed by atoms with van der Waals surface area (Å²) < 4.78 is 7.35. The van der Waals surface area contributed by atoms with Gasteiger partial charge in [0, 0.05) is 46.6 Å². The predicted molar refractivity (Wildman–Crippen MR) is 219 cm³/mol. The number of hydrogen-bond acceptors (Lipinski definition) is 4. The zero-order valence-corrected chi connectivity index (χ0v) is 28.7. The Morgan fingerprint density at radius 3 is 2.12 bits per heavy atom. The third kappa shape index (κ3) is 3.82. The van der Waals surface area contributed by atoms with Gasteiger partial charge in [-0.25, -0.2) is 9.97 Å². The summed E-state index contributed by atoms with van der Waals surface area (Å²) in [4.78, 5) is 11.0. The topological polar surface area (TPSA) is 30.7 Å². The third-order valence-electron chi connectivity index (χ3n) is 10.5. The van der Waals surface area contributed by atoms with Crippen LogP contribution in [0, 0.1) is 0 Å². The van der Waals surface area contributed by atoms with E-state index < -0.39 is 0 Å². The Morgan fingerprint density at radius 2 is 1.18 bits per heavy atom. The standard InChI is InChI=1S/C46H25N3S2/c1-2-10-26(11-3-1)29-14-8-15-30(24-29)45-47-43-42-31-16-5-4-12-27(31)21-23-37(42)51-44(43)46(48-45)49-34-18-9-13-28-20-22-33-40-32-17-6-7-19-36(32)50-38(40)25-35(49)41(33)39(28)34/h1-25H. The maximum Gasteiger partial charge on any atom is 0.162 e. The van der Waals surface area contributed by atoms with Crippen LogP contribution in [0.3, 0.4) is 0 Å². The second-order valence-corrected chi connectivity index (χ2v) is 15.5. The minimum atomic E-state index is 0.727. The van der Waals surface area contributed by atoms with Gasteiger partial charge in [-0.2, -0.15) is 0 Å². The van der Waals surface area contributed by atoms with Crippen molar-refractivity contribution in [3.05, 3.63) is 152 Å². The summed E-state index contributed by atoms with van der Waals surface area (Å²) in [6, 6.07) is 54.9. The molecule has 0 unspecified atom stereocenters. The number of benzene rings is 8. The first-order valence-electron chi connectivity index (χ1n) is 17.2. The summed E-state index contributed by atoms with van der Waals surface area (Å²) in [7, 11) is 0. The van der Waals surface area contributed by atoms with E-state index in [2.05, 4.69) is 156 Å². The van der Waals surface area contributed by atoms with Crippen molar-refractivity contribution in [1.82, 2.24) is 14.5 Å². The van der Waals surface area contributed by atoms with Crippen LogP contribution >= 0.6 is 22.7 Å². The zero-order valence-electron chi connectivity index (χ0n) is 27.1. The lowest BCUT2D eigenvalue weighted by atomic mass is 9.98. The van der Waals surface area contributed by atoms with Crippen LogP contribution in [0.4, 0.5) is 0 Å². The van der Waals surface area contributed by atoms with Crippen molar-refractivity contribution in [3.63, 3.8) is 0 Å². The smallest absolute Gasteiger partial charge is 0.162 e. The Bertz CT molecular complexity index is 3370. The second kappa shape index (κ2) is 10.2. The Kier molecular flexibility index (Phi) is 5.53. The maximum absolute atomic E-state index is 5.57. The minimum Gasteiger partial charge on any atom is -0.292 e. The summed E-state index contributed by atoms with van der Waals surface area (Å²) in [5.74, 6) is 1.65. The number of nitrogens with zero attached hydrogens (tertiary/aromatic N) is 3. The SMILES string of the molecule is c1ccc(-c2cccc(-c3nc(-n4c5cccc6ccc7c8c(cc4c7c65)sc4ccccc48)c4sc5ccc6ccccc6c5c4n3)c2)cc1. The molecule has 12 aromatic rings. The molecule has 0 amide bonds. The fourth-order valence-corrected chi connectivity index (χ4v) is 10.6. The van der Waals surface area contributed by atoms with Crippen molar-refractivity contribution in [2.45, 2.75) is 0 Å². The van der Waals surface area contributed by atoms with Crippen molar-refractivity contribution in [2.75, 3.05) is 0 Å². The van der Waals surface area contributed by atoms with Gasteiger partial charge in [-0.3, -0.25) is 4.57 Å². The van der Waals surface area contributed by atoms with Crippen LogP contribution in [0.5, 0.6) is 0 Å². The molecule has 0 aliphatic rings. The van der Waals surface area contributed by atoms with Crippen LogP contribution in [0.25, 0.3) is 112 Å². The zero-order chi connectivity index (χ0) is 33.2. The van der Waals surface area contributed by atoms with Gasteiger partial charge in [0.15, 0.2) is 11.6 Å². The van der Waals surface area contributed by atoms with Gasteiger partial charge in [0.25, 0.3) is 0 Å². The molecule has 0 aliphatic carbocycles. The average molecular weight is 684 g/mol. The molecular formula is C46H25N3S2. The largest absolute Gasteiger partial charge is 0.292 e. The fourth-order valence-electron chi connectivity index (χ4n) is 8.34. The van der Waals surface area contributed by atoms with Gasteiger partial charge in [-0.1, -0.05) is 121 Å². The Balaban J connectivity index is 1.25. The molecule has 0 spiro atoms. The molecule has 8 aromatic carbocycles. The number of hydrogen-bond donors (Lipinski definition) is 0. The summed E-state index contributed by atoms with van der Waals surface area (Å²) in [5.41, 5.74) is 6.67. The minimum absolute atomic E-state index is 0.727. The molecule has 236 valence electrons. The molecule has 5 heteroatoms. The van der Waals surface area contributed by atoms with E-state index in [0.29, 0.717) is 0 Å². The molecule has 0 bridgehead atoms. The van der Waals surface area contributed by atoms with Crippen molar-refractivity contribution in [1.29, 1.82) is 0 Å². The molecule has 0 saturated carbocycles. The molecule has 0 fully saturated rings. The molecule has 12 rings (SSSR count). The summed E-state index contributed by atoms with van der Waals surface area (Å²) in [5, 5.41) is 11.4. The normalized spacial score (nSPS) is 12.3. The molecule has 51 heavy (non-hydrogen) atoms. The van der Waals surface area contributed by atoms with E-state index in [9.17, 15) is 0 Å². The Hall–Kier alpha value is -6.14. The first kappa shape index (κ1) is 27.7. The summed E-state index contributed by atoms with van der Waals surface area (Å²) in [6.45, 7) is 0. The number of aromatic nitrogens is 3. The van der Waals surface area contributed by atoms with Crippen LogP contribution in [0.2, 0.25) is 0 Å². The van der Waals surface area contributed by atoms with Gasteiger partial charge in [0.1, 0.15) is 0 Å². The number of rotatable bonds is 3. The average Bonchev–Trinajstić information content (AvgIpc) is 3.87. The van der Waals surface area contributed by atoms with E-state index in [1.807, 2.05) is 11.3 Å². The first-order chi connectivity index (χ1) is 25.3. The fraction of sp³-hybridized carbons (Fsp3) is 0. The summed E-state index contributed by atoms with van der Waals surface area (Å²) >= 11 is 3.67. The van der Waals surface area contributed by atoms with Crippen LogP contribution in [-0.4, -0.2) is 14.5 Å². The van der Waals surface area contributed by atoms with Crippen molar-refractivity contribution in [3.8, 4) is 28.3 Å². The Labute approximate surface area is 299 Å². The Morgan fingerprint density at radius 1 is 0.412 bits per heavy atom. The monoisotopic (exact) mass is 683 g/mol. The van der Waals surface area contributed by atoms with E-state index in [1.165, 1.54) is 79.2 Å².